The zero-order valence-electron chi connectivity index (χ0n) is 54.7. The highest BCUT2D eigenvalue weighted by Gasteiger charge is 2.30. The first-order valence-corrected chi connectivity index (χ1v) is 37.6. The Morgan fingerprint density at radius 1 is 0.318 bits per heavy atom. The number of hydrogen-bond donors (Lipinski definition) is 3. The molecule has 504 valence electrons. The first-order chi connectivity index (χ1) is 41.0. The second-order valence-electron chi connectivity index (χ2n) is 24.3. The highest BCUT2D eigenvalue weighted by molar-refractivity contribution is 7.47. The lowest BCUT2D eigenvalue weighted by atomic mass is 10.0. The van der Waals surface area contributed by atoms with Crippen LogP contribution in [0.25, 0.3) is 0 Å². The third-order valence-corrected chi connectivity index (χ3v) is 17.2. The maximum Gasteiger partial charge on any atom is 0.472 e. The van der Waals surface area contributed by atoms with E-state index in [1.807, 2.05) is 0 Å². The fourth-order valence-electron chi connectivity index (χ4n) is 9.94. The first-order valence-electron chi connectivity index (χ1n) is 34.6. The molecule has 0 spiro atoms. The summed E-state index contributed by atoms with van der Waals surface area (Å²) in [4.78, 5) is 72.0. The molecule has 0 aliphatic rings. The number of ether oxygens (including phenoxy) is 4. The van der Waals surface area contributed by atoms with Crippen molar-refractivity contribution in [3.63, 3.8) is 0 Å². The van der Waals surface area contributed by atoms with Crippen molar-refractivity contribution in [2.45, 2.75) is 355 Å². The molecule has 0 amide bonds. The van der Waals surface area contributed by atoms with Gasteiger partial charge in [0.25, 0.3) is 0 Å². The Bertz CT molecular complexity index is 1650. The van der Waals surface area contributed by atoms with Crippen LogP contribution in [-0.4, -0.2) is 96.7 Å². The summed E-state index contributed by atoms with van der Waals surface area (Å²) in [5, 5.41) is 10.5. The molecule has 0 aliphatic heterocycles. The molecule has 3 N–H and O–H groups in total. The van der Waals surface area contributed by atoms with Crippen LogP contribution in [0, 0.1) is 5.92 Å². The van der Waals surface area contributed by atoms with Gasteiger partial charge in [-0.25, -0.2) is 9.13 Å². The average Bonchev–Trinajstić information content (AvgIpc) is 3.53. The molecule has 0 radical (unpaired) electrons. The number of carbonyl (C=O) groups is 4. The molecule has 0 heterocycles. The average molecular weight is 1260 g/mol. The van der Waals surface area contributed by atoms with Gasteiger partial charge in [0.2, 0.25) is 0 Å². The monoisotopic (exact) mass is 1250 g/mol. The highest BCUT2D eigenvalue weighted by Crippen LogP contribution is 2.45. The van der Waals surface area contributed by atoms with Crippen LogP contribution in [-0.2, 0) is 65.4 Å². The zero-order valence-corrected chi connectivity index (χ0v) is 56.5. The third kappa shape index (κ3) is 60.7. The zero-order chi connectivity index (χ0) is 62.8. The first kappa shape index (κ1) is 83.1. The number of aliphatic hydroxyl groups excluding tert-OH is 1. The molecule has 0 aromatic carbocycles. The summed E-state index contributed by atoms with van der Waals surface area (Å²) in [6, 6.07) is 0. The predicted octanol–water partition coefficient (Wildman–Crippen LogP) is 18.6. The van der Waals surface area contributed by atoms with Crippen LogP contribution in [0.15, 0.2) is 0 Å². The van der Waals surface area contributed by atoms with E-state index in [9.17, 15) is 43.2 Å². The molecule has 2 unspecified atom stereocenters. The number of esters is 4. The molecule has 0 aromatic rings. The lowest BCUT2D eigenvalue weighted by Crippen LogP contribution is -2.30. The van der Waals surface area contributed by atoms with Crippen LogP contribution >= 0.6 is 15.6 Å². The molecule has 85 heavy (non-hydrogen) atoms. The largest absolute Gasteiger partial charge is 0.472 e. The molecule has 19 heteroatoms. The lowest BCUT2D eigenvalue weighted by molar-refractivity contribution is -0.161. The standard InChI is InChI=1S/C66H128O17P2/c1-6-9-12-15-17-19-20-21-22-23-24-25-26-27-28-29-31-37-42-47-52-66(71)83-62(56-77-64(69)50-45-40-35-33-32-34-39-43-48-59(4)5)58-81-85(74,75)79-54-60(67)53-78-84(72,73)80-57-61(55-76-63(68)49-44-38-14-11-8-3)82-65(70)51-46-41-36-30-18-16-13-10-7-2/h59-62,67H,6-58H2,1-5H3,(H,72,73)(H,74,75)/t60-,61+,62+/m0/s1. The van der Waals surface area contributed by atoms with Crippen LogP contribution in [0.5, 0.6) is 0 Å². The van der Waals surface area contributed by atoms with E-state index in [0.717, 1.165) is 102 Å². The van der Waals surface area contributed by atoms with Gasteiger partial charge in [-0.15, -0.1) is 0 Å². The number of unbranched alkanes of at least 4 members (excludes halogenated alkanes) is 38. The lowest BCUT2D eigenvalue weighted by Gasteiger charge is -2.21. The maximum absolute atomic E-state index is 13.0. The van der Waals surface area contributed by atoms with E-state index in [2.05, 4.69) is 34.6 Å². The van der Waals surface area contributed by atoms with E-state index < -0.39 is 97.5 Å². The van der Waals surface area contributed by atoms with Crippen LogP contribution in [0.1, 0.15) is 336 Å². The number of aliphatic hydroxyl groups is 1. The number of phosphoric ester groups is 2. The second kappa shape index (κ2) is 59.7. The molecule has 5 atom stereocenters. The summed E-state index contributed by atoms with van der Waals surface area (Å²) in [6.45, 7) is 7.07. The van der Waals surface area contributed by atoms with Gasteiger partial charge in [-0.1, -0.05) is 285 Å². The van der Waals surface area contributed by atoms with Crippen molar-refractivity contribution in [2.75, 3.05) is 39.6 Å². The van der Waals surface area contributed by atoms with Gasteiger partial charge in [-0.2, -0.15) is 0 Å². The molecule has 0 rings (SSSR count). The molecule has 0 bridgehead atoms. The fraction of sp³-hybridized carbons (Fsp3) is 0.939. The molecule has 0 aromatic heterocycles. The van der Waals surface area contributed by atoms with Gasteiger partial charge in [-0.3, -0.25) is 37.3 Å². The Morgan fingerprint density at radius 2 is 0.541 bits per heavy atom. The topological polar surface area (TPSA) is 237 Å². The van der Waals surface area contributed by atoms with Crippen molar-refractivity contribution < 1.29 is 80.2 Å². The van der Waals surface area contributed by atoms with Gasteiger partial charge in [0.05, 0.1) is 26.4 Å². The SMILES string of the molecule is CCCCCCCCCCCCCCCCCCCCCCC(=O)O[C@H](COC(=O)CCCCCCCCCCC(C)C)COP(=O)(O)OC[C@@H](O)COP(=O)(O)OC[C@@H](COC(=O)CCCCCCC)OC(=O)CCCCCCCCCCC. The Kier molecular flexibility index (Phi) is 58.3. The number of rotatable bonds is 66. The van der Waals surface area contributed by atoms with E-state index in [1.54, 1.807) is 0 Å². The van der Waals surface area contributed by atoms with Gasteiger partial charge in [0.15, 0.2) is 12.2 Å². The highest BCUT2D eigenvalue weighted by atomic mass is 31.2. The maximum atomic E-state index is 13.0. The fourth-order valence-corrected chi connectivity index (χ4v) is 11.5. The Balaban J connectivity index is 5.10. The van der Waals surface area contributed by atoms with Crippen molar-refractivity contribution in [2.24, 2.45) is 5.92 Å². The van der Waals surface area contributed by atoms with Crippen LogP contribution in [0.2, 0.25) is 0 Å². The summed E-state index contributed by atoms with van der Waals surface area (Å²) in [5.41, 5.74) is 0. The normalized spacial score (nSPS) is 14.2. The minimum atomic E-state index is -4.94. The van der Waals surface area contributed by atoms with Crippen LogP contribution in [0.4, 0.5) is 0 Å². The van der Waals surface area contributed by atoms with Gasteiger partial charge >= 0.3 is 39.5 Å². The number of hydrogen-bond acceptors (Lipinski definition) is 15. The van der Waals surface area contributed by atoms with E-state index in [0.29, 0.717) is 25.7 Å². The van der Waals surface area contributed by atoms with Crippen molar-refractivity contribution in [3.05, 3.63) is 0 Å². The van der Waals surface area contributed by atoms with Crippen molar-refractivity contribution in [1.82, 2.24) is 0 Å². The molecular weight excluding hydrogens is 1130 g/mol. The van der Waals surface area contributed by atoms with Gasteiger partial charge in [0.1, 0.15) is 19.3 Å². The quantitative estimate of drug-likeness (QED) is 0.0222. The molecule has 0 aliphatic carbocycles. The minimum Gasteiger partial charge on any atom is -0.462 e. The van der Waals surface area contributed by atoms with E-state index in [-0.39, 0.29) is 25.7 Å². The Morgan fingerprint density at radius 3 is 0.800 bits per heavy atom. The van der Waals surface area contributed by atoms with Crippen molar-refractivity contribution in [1.29, 1.82) is 0 Å². The third-order valence-electron chi connectivity index (χ3n) is 15.3. The summed E-state index contributed by atoms with van der Waals surface area (Å²) >= 11 is 0. The smallest absolute Gasteiger partial charge is 0.462 e. The predicted molar refractivity (Wildman–Crippen MR) is 340 cm³/mol. The van der Waals surface area contributed by atoms with E-state index in [4.69, 9.17) is 37.0 Å². The molecule has 0 fully saturated rings. The summed E-state index contributed by atoms with van der Waals surface area (Å²) in [5.74, 6) is -1.42. The van der Waals surface area contributed by atoms with Crippen LogP contribution in [0.3, 0.4) is 0 Å². The molecule has 0 saturated heterocycles. The van der Waals surface area contributed by atoms with Crippen LogP contribution < -0.4 is 0 Å². The summed E-state index contributed by atoms with van der Waals surface area (Å²) in [7, 11) is -9.88. The second-order valence-corrected chi connectivity index (χ2v) is 27.2. The van der Waals surface area contributed by atoms with Gasteiger partial charge in [-0.05, 0) is 31.6 Å². The van der Waals surface area contributed by atoms with Gasteiger partial charge in [0, 0.05) is 25.7 Å². The molecule has 17 nitrogen and oxygen atoms in total. The molecule has 0 saturated carbocycles. The number of phosphoric acid groups is 2. The van der Waals surface area contributed by atoms with Crippen molar-refractivity contribution in [3.8, 4) is 0 Å². The Hall–Kier alpha value is -1.94. The Labute approximate surface area is 517 Å². The van der Waals surface area contributed by atoms with E-state index >= 15 is 0 Å². The van der Waals surface area contributed by atoms with Crippen molar-refractivity contribution >= 4 is 39.5 Å². The molecular formula is C66H128O17P2. The number of carbonyl (C=O) groups excluding carboxylic acids is 4. The van der Waals surface area contributed by atoms with Gasteiger partial charge < -0.3 is 33.8 Å². The van der Waals surface area contributed by atoms with E-state index in [1.165, 1.54) is 154 Å². The summed E-state index contributed by atoms with van der Waals surface area (Å²) < 4.78 is 67.8. The minimum absolute atomic E-state index is 0.105. The summed E-state index contributed by atoms with van der Waals surface area (Å²) in [6.07, 6.45) is 45.0.